The predicted octanol–water partition coefficient (Wildman–Crippen LogP) is 0.766. The van der Waals surface area contributed by atoms with E-state index in [0.29, 0.717) is 12.8 Å². The van der Waals surface area contributed by atoms with Gasteiger partial charge in [-0.1, -0.05) is 12.8 Å². The SMILES string of the molecule is CC(C)(C)NC(=O)CN1C(=O)NC(=O)C12CCCC2. The van der Waals surface area contributed by atoms with Crippen LogP contribution in [-0.4, -0.2) is 40.4 Å². The monoisotopic (exact) mass is 267 g/mol. The van der Waals surface area contributed by atoms with Crippen LogP contribution in [0.1, 0.15) is 46.5 Å². The highest BCUT2D eigenvalue weighted by Gasteiger charge is 2.54. The molecule has 0 unspecified atom stereocenters. The third-order valence-electron chi connectivity index (χ3n) is 3.65. The van der Waals surface area contributed by atoms with E-state index in [0.717, 1.165) is 12.8 Å². The molecule has 1 saturated carbocycles. The fourth-order valence-corrected chi connectivity index (χ4v) is 2.88. The zero-order chi connectivity index (χ0) is 14.3. The van der Waals surface area contributed by atoms with Gasteiger partial charge in [-0.2, -0.15) is 0 Å². The number of carbonyl (C=O) groups excluding carboxylic acids is 3. The third-order valence-corrected chi connectivity index (χ3v) is 3.65. The van der Waals surface area contributed by atoms with E-state index in [4.69, 9.17) is 0 Å². The minimum Gasteiger partial charge on any atom is -0.350 e. The second-order valence-corrected chi connectivity index (χ2v) is 6.38. The summed E-state index contributed by atoms with van der Waals surface area (Å²) in [6.45, 7) is 5.58. The van der Waals surface area contributed by atoms with Crippen molar-refractivity contribution >= 4 is 17.8 Å². The fourth-order valence-electron chi connectivity index (χ4n) is 2.88. The van der Waals surface area contributed by atoms with Gasteiger partial charge in [0.1, 0.15) is 12.1 Å². The predicted molar refractivity (Wildman–Crippen MR) is 69.3 cm³/mol. The Bertz CT molecular complexity index is 419. The Morgan fingerprint density at radius 1 is 1.32 bits per heavy atom. The lowest BCUT2D eigenvalue weighted by atomic mass is 9.96. The average Bonchev–Trinajstić information content (AvgIpc) is 2.79. The maximum Gasteiger partial charge on any atom is 0.325 e. The lowest BCUT2D eigenvalue weighted by Gasteiger charge is -2.32. The van der Waals surface area contributed by atoms with Gasteiger partial charge in [-0.25, -0.2) is 4.79 Å². The quantitative estimate of drug-likeness (QED) is 0.725. The molecule has 1 aliphatic carbocycles. The molecule has 2 fully saturated rings. The molecule has 1 aliphatic heterocycles. The Morgan fingerprint density at radius 2 is 1.89 bits per heavy atom. The van der Waals surface area contributed by atoms with Crippen LogP contribution in [0.15, 0.2) is 0 Å². The van der Waals surface area contributed by atoms with Crippen molar-refractivity contribution in [2.24, 2.45) is 0 Å². The summed E-state index contributed by atoms with van der Waals surface area (Å²) in [7, 11) is 0. The van der Waals surface area contributed by atoms with E-state index in [-0.39, 0.29) is 23.9 Å². The zero-order valence-electron chi connectivity index (χ0n) is 11.7. The molecular formula is C13H21N3O3. The highest BCUT2D eigenvalue weighted by molar-refractivity contribution is 6.08. The molecule has 1 heterocycles. The molecule has 6 nitrogen and oxygen atoms in total. The lowest BCUT2D eigenvalue weighted by Crippen LogP contribution is -2.53. The summed E-state index contributed by atoms with van der Waals surface area (Å²) in [6.07, 6.45) is 3.12. The summed E-state index contributed by atoms with van der Waals surface area (Å²) in [5.41, 5.74) is -1.13. The molecule has 0 bridgehead atoms. The van der Waals surface area contributed by atoms with Crippen molar-refractivity contribution in [2.45, 2.75) is 57.5 Å². The average molecular weight is 267 g/mol. The number of rotatable bonds is 2. The van der Waals surface area contributed by atoms with Crippen molar-refractivity contribution in [1.82, 2.24) is 15.5 Å². The smallest absolute Gasteiger partial charge is 0.325 e. The maximum absolute atomic E-state index is 12.0. The van der Waals surface area contributed by atoms with E-state index < -0.39 is 11.6 Å². The molecule has 0 radical (unpaired) electrons. The van der Waals surface area contributed by atoms with Crippen molar-refractivity contribution in [3.8, 4) is 0 Å². The highest BCUT2D eigenvalue weighted by Crippen LogP contribution is 2.38. The van der Waals surface area contributed by atoms with Crippen LogP contribution < -0.4 is 10.6 Å². The van der Waals surface area contributed by atoms with Crippen LogP contribution in [0.5, 0.6) is 0 Å². The molecule has 2 N–H and O–H groups in total. The Hall–Kier alpha value is -1.59. The van der Waals surface area contributed by atoms with Gasteiger partial charge < -0.3 is 10.2 Å². The van der Waals surface area contributed by atoms with Crippen molar-refractivity contribution < 1.29 is 14.4 Å². The van der Waals surface area contributed by atoms with Crippen LogP contribution in [0.3, 0.4) is 0 Å². The van der Waals surface area contributed by atoms with Crippen LogP contribution in [0, 0.1) is 0 Å². The van der Waals surface area contributed by atoms with Gasteiger partial charge in [0.05, 0.1) is 0 Å². The molecule has 2 rings (SSSR count). The fraction of sp³-hybridized carbons (Fsp3) is 0.769. The molecule has 0 aromatic carbocycles. The van der Waals surface area contributed by atoms with Crippen molar-refractivity contribution in [2.75, 3.05) is 6.54 Å². The molecule has 4 amide bonds. The summed E-state index contributed by atoms with van der Waals surface area (Å²) in [5.74, 6) is -0.484. The van der Waals surface area contributed by atoms with Gasteiger partial charge in [-0.15, -0.1) is 0 Å². The van der Waals surface area contributed by atoms with E-state index in [1.807, 2.05) is 20.8 Å². The number of hydrogen-bond donors (Lipinski definition) is 2. The Morgan fingerprint density at radius 3 is 2.42 bits per heavy atom. The van der Waals surface area contributed by atoms with Crippen molar-refractivity contribution in [3.05, 3.63) is 0 Å². The molecule has 0 atom stereocenters. The molecule has 19 heavy (non-hydrogen) atoms. The van der Waals surface area contributed by atoms with Gasteiger partial charge >= 0.3 is 6.03 Å². The van der Waals surface area contributed by atoms with Gasteiger partial charge in [0.2, 0.25) is 5.91 Å². The number of carbonyl (C=O) groups is 3. The lowest BCUT2D eigenvalue weighted by molar-refractivity contribution is -0.128. The summed E-state index contributed by atoms with van der Waals surface area (Å²) >= 11 is 0. The molecule has 2 aliphatic rings. The number of urea groups is 1. The molecule has 0 aromatic heterocycles. The van der Waals surface area contributed by atoms with E-state index >= 15 is 0 Å². The first kappa shape index (κ1) is 13.8. The third kappa shape index (κ3) is 2.57. The first-order valence-electron chi connectivity index (χ1n) is 6.69. The Labute approximate surface area is 112 Å². The minimum atomic E-state index is -0.785. The molecular weight excluding hydrogens is 246 g/mol. The maximum atomic E-state index is 12.0. The Balaban J connectivity index is 2.11. The zero-order valence-corrected chi connectivity index (χ0v) is 11.7. The molecule has 1 saturated heterocycles. The number of nitrogens with one attached hydrogen (secondary N) is 2. The minimum absolute atomic E-state index is 0.0607. The number of amides is 4. The molecule has 106 valence electrons. The van der Waals surface area contributed by atoms with Gasteiger partial charge in [-0.3, -0.25) is 14.9 Å². The summed E-state index contributed by atoms with van der Waals surface area (Å²) in [5, 5.41) is 5.15. The first-order chi connectivity index (χ1) is 8.74. The molecule has 6 heteroatoms. The first-order valence-corrected chi connectivity index (χ1v) is 6.69. The van der Waals surface area contributed by atoms with Gasteiger partial charge in [0, 0.05) is 5.54 Å². The van der Waals surface area contributed by atoms with Crippen LogP contribution in [-0.2, 0) is 9.59 Å². The normalized spacial score (nSPS) is 21.9. The number of hydrogen-bond acceptors (Lipinski definition) is 3. The highest BCUT2D eigenvalue weighted by atomic mass is 16.2. The standard InChI is InChI=1S/C13H21N3O3/c1-12(2,3)15-9(17)8-16-11(19)14-10(18)13(16)6-4-5-7-13/h4-8H2,1-3H3,(H,15,17)(H,14,18,19). The summed E-state index contributed by atoms with van der Waals surface area (Å²) in [4.78, 5) is 37.2. The largest absolute Gasteiger partial charge is 0.350 e. The van der Waals surface area contributed by atoms with Crippen LogP contribution in [0.25, 0.3) is 0 Å². The van der Waals surface area contributed by atoms with Gasteiger partial charge in [-0.05, 0) is 33.6 Å². The van der Waals surface area contributed by atoms with Gasteiger partial charge in [0.25, 0.3) is 5.91 Å². The second-order valence-electron chi connectivity index (χ2n) is 6.38. The van der Waals surface area contributed by atoms with Crippen LogP contribution in [0.4, 0.5) is 4.79 Å². The second kappa shape index (κ2) is 4.51. The van der Waals surface area contributed by atoms with Crippen LogP contribution in [0.2, 0.25) is 0 Å². The number of imide groups is 1. The number of nitrogens with zero attached hydrogens (tertiary/aromatic N) is 1. The molecule has 1 spiro atoms. The van der Waals surface area contributed by atoms with E-state index in [1.54, 1.807) is 0 Å². The van der Waals surface area contributed by atoms with E-state index in [9.17, 15) is 14.4 Å². The topological polar surface area (TPSA) is 78.5 Å². The summed E-state index contributed by atoms with van der Waals surface area (Å²) in [6, 6.07) is -0.448. The van der Waals surface area contributed by atoms with Crippen molar-refractivity contribution in [3.63, 3.8) is 0 Å². The van der Waals surface area contributed by atoms with E-state index in [1.165, 1.54) is 4.90 Å². The van der Waals surface area contributed by atoms with E-state index in [2.05, 4.69) is 10.6 Å². The summed E-state index contributed by atoms with van der Waals surface area (Å²) < 4.78 is 0. The molecule has 0 aromatic rings. The van der Waals surface area contributed by atoms with Gasteiger partial charge in [0.15, 0.2) is 0 Å². The van der Waals surface area contributed by atoms with Crippen LogP contribution >= 0.6 is 0 Å². The Kier molecular flexibility index (Phi) is 3.28. The van der Waals surface area contributed by atoms with Crippen molar-refractivity contribution in [1.29, 1.82) is 0 Å².